The molecule has 0 heterocycles. The molecule has 0 spiro atoms. The highest BCUT2D eigenvalue weighted by Gasteiger charge is 2.42. The van der Waals surface area contributed by atoms with Crippen LogP contribution in [0.1, 0.15) is 19.3 Å². The van der Waals surface area contributed by atoms with Gasteiger partial charge in [0.25, 0.3) is 0 Å². The minimum atomic E-state index is -0.240. The van der Waals surface area contributed by atoms with Crippen LogP contribution in [0.5, 0.6) is 0 Å². The maximum absolute atomic E-state index is 8.66. The average molecular weight is 165 g/mol. The van der Waals surface area contributed by atoms with Gasteiger partial charge in [0.2, 0.25) is 0 Å². The number of hydrogen-bond donors (Lipinski definition) is 1. The molecule has 0 radical (unpaired) electrons. The van der Waals surface area contributed by atoms with Crippen LogP contribution in [0.4, 0.5) is 0 Å². The summed E-state index contributed by atoms with van der Waals surface area (Å²) >= 11 is 0. The SMILES string of the molecule is N#CC1(NCCCN=[N+]=[N-])CC1. The van der Waals surface area contributed by atoms with Gasteiger partial charge in [0.1, 0.15) is 5.54 Å². The van der Waals surface area contributed by atoms with Gasteiger partial charge >= 0.3 is 0 Å². The summed E-state index contributed by atoms with van der Waals surface area (Å²) in [5, 5.41) is 15.2. The molecule has 1 fully saturated rings. The molecule has 64 valence electrons. The fourth-order valence-electron chi connectivity index (χ4n) is 0.975. The van der Waals surface area contributed by atoms with E-state index in [1.165, 1.54) is 0 Å². The molecular weight excluding hydrogens is 154 g/mol. The van der Waals surface area contributed by atoms with Gasteiger partial charge in [-0.05, 0) is 31.3 Å². The maximum atomic E-state index is 8.66. The molecule has 0 aromatic carbocycles. The molecule has 0 amide bonds. The van der Waals surface area contributed by atoms with Gasteiger partial charge in [-0.2, -0.15) is 5.26 Å². The highest BCUT2D eigenvalue weighted by atomic mass is 15.1. The number of hydrogen-bond acceptors (Lipinski definition) is 3. The molecule has 0 saturated heterocycles. The van der Waals surface area contributed by atoms with Crippen molar-refractivity contribution in [3.05, 3.63) is 10.4 Å². The van der Waals surface area contributed by atoms with E-state index < -0.39 is 0 Å². The van der Waals surface area contributed by atoms with Gasteiger partial charge in [-0.25, -0.2) is 0 Å². The first-order valence-electron chi connectivity index (χ1n) is 4.00. The molecule has 0 bridgehead atoms. The molecule has 0 aliphatic heterocycles. The first-order chi connectivity index (χ1) is 5.83. The van der Waals surface area contributed by atoms with Crippen molar-refractivity contribution >= 4 is 0 Å². The smallest absolute Gasteiger partial charge is 0.106 e. The molecule has 0 atom stereocenters. The minimum absolute atomic E-state index is 0.240. The van der Waals surface area contributed by atoms with E-state index >= 15 is 0 Å². The summed E-state index contributed by atoms with van der Waals surface area (Å²) in [5.74, 6) is 0. The lowest BCUT2D eigenvalue weighted by Crippen LogP contribution is -2.30. The predicted octanol–water partition coefficient (Wildman–Crippen LogP) is 1.33. The molecule has 5 heteroatoms. The van der Waals surface area contributed by atoms with Crippen LogP contribution in [0.3, 0.4) is 0 Å². The normalized spacial score (nSPS) is 17.6. The Bertz CT molecular complexity index is 231. The van der Waals surface area contributed by atoms with Gasteiger partial charge in [0.05, 0.1) is 6.07 Å². The monoisotopic (exact) mass is 165 g/mol. The van der Waals surface area contributed by atoms with Crippen molar-refractivity contribution < 1.29 is 0 Å². The van der Waals surface area contributed by atoms with E-state index in [0.29, 0.717) is 6.54 Å². The van der Waals surface area contributed by atoms with Gasteiger partial charge in [0.15, 0.2) is 0 Å². The van der Waals surface area contributed by atoms with Crippen LogP contribution >= 0.6 is 0 Å². The maximum Gasteiger partial charge on any atom is 0.106 e. The van der Waals surface area contributed by atoms with E-state index in [9.17, 15) is 0 Å². The van der Waals surface area contributed by atoms with Gasteiger partial charge in [0, 0.05) is 11.5 Å². The number of azide groups is 1. The molecule has 5 nitrogen and oxygen atoms in total. The summed E-state index contributed by atoms with van der Waals surface area (Å²) in [6, 6.07) is 2.23. The average Bonchev–Trinajstić information content (AvgIpc) is 2.85. The van der Waals surface area contributed by atoms with Crippen molar-refractivity contribution in [3.63, 3.8) is 0 Å². The van der Waals surface area contributed by atoms with E-state index in [1.807, 2.05) is 0 Å². The van der Waals surface area contributed by atoms with Crippen LogP contribution in [0.15, 0.2) is 5.11 Å². The summed E-state index contributed by atoms with van der Waals surface area (Å²) in [7, 11) is 0. The Balaban J connectivity index is 2.03. The molecule has 0 aromatic rings. The molecule has 1 rings (SSSR count). The molecule has 1 saturated carbocycles. The van der Waals surface area contributed by atoms with E-state index in [2.05, 4.69) is 21.4 Å². The van der Waals surface area contributed by atoms with Crippen LogP contribution in [-0.4, -0.2) is 18.6 Å². The highest BCUT2D eigenvalue weighted by Crippen LogP contribution is 2.33. The lowest BCUT2D eigenvalue weighted by Gasteiger charge is -2.06. The van der Waals surface area contributed by atoms with Crippen LogP contribution in [-0.2, 0) is 0 Å². The summed E-state index contributed by atoms with van der Waals surface area (Å²) < 4.78 is 0. The lowest BCUT2D eigenvalue weighted by molar-refractivity contribution is 0.580. The van der Waals surface area contributed by atoms with Gasteiger partial charge < -0.3 is 0 Å². The summed E-state index contributed by atoms with van der Waals surface area (Å²) in [4.78, 5) is 2.64. The molecule has 1 aliphatic carbocycles. The molecule has 0 aromatic heterocycles. The van der Waals surface area contributed by atoms with E-state index in [1.54, 1.807) is 0 Å². The van der Waals surface area contributed by atoms with Crippen molar-refractivity contribution in [2.24, 2.45) is 5.11 Å². The second-order valence-electron chi connectivity index (χ2n) is 2.93. The van der Waals surface area contributed by atoms with Crippen LogP contribution in [0, 0.1) is 11.3 Å². The Morgan fingerprint density at radius 1 is 1.67 bits per heavy atom. The summed E-state index contributed by atoms with van der Waals surface area (Å²) in [6.07, 6.45) is 2.70. The van der Waals surface area contributed by atoms with Gasteiger partial charge in [-0.1, -0.05) is 5.11 Å². The largest absolute Gasteiger partial charge is 0.299 e. The molecule has 12 heavy (non-hydrogen) atoms. The molecule has 1 aliphatic rings. The molecular formula is C7H11N5. The molecule has 0 unspecified atom stereocenters. The summed E-state index contributed by atoms with van der Waals surface area (Å²) in [5.41, 5.74) is 7.73. The fourth-order valence-corrected chi connectivity index (χ4v) is 0.975. The minimum Gasteiger partial charge on any atom is -0.299 e. The third kappa shape index (κ3) is 2.42. The number of nitriles is 1. The zero-order valence-corrected chi connectivity index (χ0v) is 6.82. The van der Waals surface area contributed by atoms with Gasteiger partial charge in [-0.15, -0.1) is 0 Å². The van der Waals surface area contributed by atoms with Crippen LogP contribution < -0.4 is 5.32 Å². The van der Waals surface area contributed by atoms with Crippen molar-refractivity contribution in [2.45, 2.75) is 24.8 Å². The van der Waals surface area contributed by atoms with Crippen molar-refractivity contribution in [1.29, 1.82) is 5.26 Å². The zero-order valence-electron chi connectivity index (χ0n) is 6.82. The Hall–Kier alpha value is -1.24. The number of nitrogens with one attached hydrogen (secondary N) is 1. The van der Waals surface area contributed by atoms with E-state index in [0.717, 1.165) is 25.8 Å². The fraction of sp³-hybridized carbons (Fsp3) is 0.857. The van der Waals surface area contributed by atoms with Crippen molar-refractivity contribution in [3.8, 4) is 6.07 Å². The Morgan fingerprint density at radius 3 is 2.92 bits per heavy atom. The first kappa shape index (κ1) is 8.85. The van der Waals surface area contributed by atoms with Gasteiger partial charge in [-0.3, -0.25) is 5.32 Å². The van der Waals surface area contributed by atoms with E-state index in [4.69, 9.17) is 10.8 Å². The van der Waals surface area contributed by atoms with Crippen LogP contribution in [0.2, 0.25) is 0 Å². The highest BCUT2D eigenvalue weighted by molar-refractivity contribution is 5.18. The first-order valence-corrected chi connectivity index (χ1v) is 4.00. The quantitative estimate of drug-likeness (QED) is 0.288. The summed E-state index contributed by atoms with van der Waals surface area (Å²) in [6.45, 7) is 1.26. The third-order valence-corrected chi connectivity index (χ3v) is 1.93. The Labute approximate surface area is 71.0 Å². The van der Waals surface area contributed by atoms with Crippen molar-refractivity contribution in [2.75, 3.05) is 13.1 Å². The third-order valence-electron chi connectivity index (χ3n) is 1.93. The Kier molecular flexibility index (Phi) is 2.92. The standard InChI is InChI=1S/C7H11N5/c8-6-7(2-3-7)10-4-1-5-11-12-9/h10H,1-5H2. The number of rotatable bonds is 5. The second-order valence-corrected chi connectivity index (χ2v) is 2.93. The molecule has 1 N–H and O–H groups in total. The Morgan fingerprint density at radius 2 is 2.42 bits per heavy atom. The topological polar surface area (TPSA) is 84.6 Å². The predicted molar refractivity (Wildman–Crippen MR) is 44.2 cm³/mol. The van der Waals surface area contributed by atoms with E-state index in [-0.39, 0.29) is 5.54 Å². The van der Waals surface area contributed by atoms with Crippen molar-refractivity contribution in [1.82, 2.24) is 5.32 Å². The zero-order chi connectivity index (χ0) is 8.86. The second kappa shape index (κ2) is 3.96. The lowest BCUT2D eigenvalue weighted by atomic mass is 10.3. The van der Waals surface area contributed by atoms with Crippen LogP contribution in [0.25, 0.3) is 10.4 Å². The number of nitrogens with zero attached hydrogens (tertiary/aromatic N) is 4.